The van der Waals surface area contributed by atoms with Crippen molar-refractivity contribution in [2.45, 2.75) is 233 Å². The molecule has 0 spiro atoms. The van der Waals surface area contributed by atoms with Crippen LogP contribution in [-0.2, 0) is 82.3 Å². The van der Waals surface area contributed by atoms with Crippen molar-refractivity contribution in [1.82, 2.24) is 58.5 Å². The van der Waals surface area contributed by atoms with E-state index in [1.54, 1.807) is 33.0 Å². The molecular weight excluding hydrogens is 1930 g/mol. The highest BCUT2D eigenvalue weighted by molar-refractivity contribution is 7.72. The maximum absolute atomic E-state index is 16.5. The van der Waals surface area contributed by atoms with E-state index in [9.17, 15) is 113 Å². The first-order valence-corrected chi connectivity index (χ1v) is 49.8. The van der Waals surface area contributed by atoms with Gasteiger partial charge in [0.1, 0.15) is 89.5 Å². The summed E-state index contributed by atoms with van der Waals surface area (Å²) >= 11 is 14.4. The largest absolute Gasteiger partial charge is 0.507 e. The molecule has 762 valence electrons. The van der Waals surface area contributed by atoms with Crippen LogP contribution in [0.5, 0.6) is 46.0 Å². The number of aromatic hydroxyl groups is 3. The molecule has 12 rings (SSSR count). The molecule has 8 amide bonds. The SMILES string of the molecule is CCCCCCCCCCNCCNC1(C)CC(OC2C(Oc3c4cc5cc3Oc3ccc(cc3Cl)C(O)C3NC(=O)C(NC(=O)C5NC(=O)C(CC(N)=O)NC(=O)C(NC(=O)C(CC(C)C)NC)C(O)c5ccc(c(Cl)c5)O4)c4ccc(O)c(c4)-c4c(cc(O)c(CNCP(=O)(O)O)c4O)C(C(=O)OCOC(=O)NCCC(O)(P(=O)(O)O)P(=O)(O)O)NC3=O)OC(CO)C(O)C2O)OC(C)C1O. The summed E-state index contributed by atoms with van der Waals surface area (Å²) < 4.78 is 85.8. The molecule has 0 aromatic heterocycles. The lowest BCUT2D eigenvalue weighted by molar-refractivity contribution is -0.334. The van der Waals surface area contributed by atoms with Gasteiger partial charge in [-0.3, -0.25) is 47.3 Å². The molecule has 0 aliphatic carbocycles. The quantitative estimate of drug-likeness (QED) is 0.0115. The number of nitrogens with two attached hydrogens (primary N) is 1. The number of benzene rings is 5. The number of primary amides is 1. The monoisotopic (exact) mass is 2040 g/mol. The molecule has 18 unspecified atom stereocenters. The number of likely N-dealkylation sites (N-methyl/N-ethyl adjacent to an activating group) is 1. The number of carbonyl (C=O) groups is 9. The maximum Gasteiger partial charge on any atom is 0.410 e. The van der Waals surface area contributed by atoms with E-state index >= 15 is 24.0 Å². The highest BCUT2D eigenvalue weighted by Crippen LogP contribution is 2.69. The number of amides is 8. The molecule has 7 aliphatic rings. The first-order valence-electron chi connectivity index (χ1n) is 44.0. The van der Waals surface area contributed by atoms with Gasteiger partial charge in [-0.15, -0.1) is 0 Å². The van der Waals surface area contributed by atoms with Crippen molar-refractivity contribution < 1.29 is 175 Å². The molecule has 7 aliphatic heterocycles. The van der Waals surface area contributed by atoms with Crippen LogP contribution in [0.25, 0.3) is 11.1 Å². The van der Waals surface area contributed by atoms with E-state index in [4.69, 9.17) is 66.8 Å². The molecule has 7 heterocycles. The second kappa shape index (κ2) is 47.8. The predicted molar refractivity (Wildman–Crippen MR) is 484 cm³/mol. The van der Waals surface area contributed by atoms with Crippen LogP contribution in [-0.4, -0.2) is 271 Å². The fraction of sp³-hybridized carbons (Fsp3) is 0.541. The number of esters is 1. The van der Waals surface area contributed by atoms with E-state index in [1.807, 2.05) is 0 Å². The molecule has 53 heteroatoms. The Kier molecular flexibility index (Phi) is 38.2. The number of aliphatic hydroxyl groups excluding tert-OH is 6. The third kappa shape index (κ3) is 27.4. The minimum Gasteiger partial charge on any atom is -0.507 e. The molecule has 0 saturated carbocycles. The average Bonchev–Trinajstić information content (AvgIpc) is 0.755. The summed E-state index contributed by atoms with van der Waals surface area (Å²) in [5, 5.41) is 142. The Balaban J connectivity index is 1.16. The molecule has 5 aromatic carbocycles. The number of nitrogens with one attached hydrogen (secondary N) is 11. The van der Waals surface area contributed by atoms with Gasteiger partial charge in [0.15, 0.2) is 29.9 Å². The molecule has 2 fully saturated rings. The molecule has 29 N–H and O–H groups in total. The fourth-order valence-corrected chi connectivity index (χ4v) is 19.2. The number of hydrogen-bond acceptors (Lipinski definition) is 34. The van der Waals surface area contributed by atoms with Crippen molar-refractivity contribution in [1.29, 1.82) is 0 Å². The second-order valence-electron chi connectivity index (χ2n) is 34.5. The minimum absolute atomic E-state index is 0.146. The Morgan fingerprint density at radius 2 is 1.27 bits per heavy atom. The number of aliphatic hydroxyl groups is 7. The third-order valence-electron chi connectivity index (χ3n) is 23.7. The molecule has 48 nitrogen and oxygen atoms in total. The summed E-state index contributed by atoms with van der Waals surface area (Å²) in [5.41, 5.74) is -0.461. The Morgan fingerprint density at radius 3 is 1.86 bits per heavy atom. The van der Waals surface area contributed by atoms with Crippen molar-refractivity contribution in [2.24, 2.45) is 11.7 Å². The highest BCUT2D eigenvalue weighted by atomic mass is 35.5. The van der Waals surface area contributed by atoms with Crippen LogP contribution in [0.15, 0.2) is 72.8 Å². The van der Waals surface area contributed by atoms with Gasteiger partial charge in [0, 0.05) is 61.2 Å². The van der Waals surface area contributed by atoms with Crippen molar-refractivity contribution in [3.63, 3.8) is 0 Å². The zero-order valence-electron chi connectivity index (χ0n) is 75.5. The van der Waals surface area contributed by atoms with Gasteiger partial charge in [-0.05, 0) is 123 Å². The van der Waals surface area contributed by atoms with Crippen molar-refractivity contribution in [3.8, 4) is 57.1 Å². The van der Waals surface area contributed by atoms with Gasteiger partial charge in [0.05, 0.1) is 53.2 Å². The second-order valence-corrected chi connectivity index (χ2v) is 41.0. The molecule has 0 radical (unpaired) electrons. The van der Waals surface area contributed by atoms with Crippen LogP contribution in [0.1, 0.15) is 175 Å². The topological polar surface area (TPSA) is 761 Å². The molecular formula is C85H117Cl2N12O36P3. The van der Waals surface area contributed by atoms with E-state index in [0.717, 1.165) is 99.3 Å². The third-order valence-corrected chi connectivity index (χ3v) is 28.8. The first kappa shape index (κ1) is 110. The van der Waals surface area contributed by atoms with Gasteiger partial charge in [-0.1, -0.05) is 107 Å². The number of fused-ring (bicyclic) bond motifs is 15. The van der Waals surface area contributed by atoms with Crippen LogP contribution in [0, 0.1) is 5.92 Å². The number of ether oxygens (including phenoxy) is 8. The van der Waals surface area contributed by atoms with Gasteiger partial charge >= 0.3 is 34.8 Å². The Morgan fingerprint density at radius 1 is 0.667 bits per heavy atom. The van der Waals surface area contributed by atoms with Crippen molar-refractivity contribution in [3.05, 3.63) is 116 Å². The number of phenols is 3. The molecule has 18 atom stereocenters. The van der Waals surface area contributed by atoms with E-state index in [0.29, 0.717) is 19.2 Å². The normalized spacial score (nSPS) is 25.2. The Bertz CT molecular complexity index is 5370. The number of alkyl carbamates (subject to hydrolysis) is 1. The predicted octanol–water partition coefficient (Wildman–Crippen LogP) is 1.23. The Hall–Kier alpha value is -9.60. The number of hydrogen-bond donors (Lipinski definition) is 28. The van der Waals surface area contributed by atoms with Crippen LogP contribution < -0.4 is 78.4 Å². The van der Waals surface area contributed by atoms with E-state index < -0.39 is 331 Å². The van der Waals surface area contributed by atoms with Crippen LogP contribution in [0.4, 0.5) is 4.79 Å². The number of phenolic OH excluding ortho intramolecular Hbond substituents is 3. The van der Waals surface area contributed by atoms with Gasteiger partial charge in [-0.25, -0.2) is 9.59 Å². The fourth-order valence-electron chi connectivity index (χ4n) is 16.2. The average molecular weight is 2050 g/mol. The molecule has 2 saturated heterocycles. The smallest absolute Gasteiger partial charge is 0.410 e. The maximum atomic E-state index is 16.5. The summed E-state index contributed by atoms with van der Waals surface area (Å²) in [4.78, 5) is 193. The van der Waals surface area contributed by atoms with E-state index in [2.05, 4.69) is 60.1 Å². The first-order chi connectivity index (χ1) is 64.9. The van der Waals surface area contributed by atoms with Gasteiger partial charge in [-0.2, -0.15) is 0 Å². The van der Waals surface area contributed by atoms with Gasteiger partial charge in [0.2, 0.25) is 60.2 Å². The van der Waals surface area contributed by atoms with Crippen LogP contribution in [0.3, 0.4) is 0 Å². The Labute approximate surface area is 799 Å². The molecule has 5 aromatic rings. The summed E-state index contributed by atoms with van der Waals surface area (Å²) in [5.74, 6) is -18.4. The summed E-state index contributed by atoms with van der Waals surface area (Å²) in [6, 6.07) is -4.07. The number of carbonyl (C=O) groups excluding carboxylic acids is 9. The number of unbranched alkanes of at least 4 members (excludes halogenated alkanes) is 7. The molecule has 138 heavy (non-hydrogen) atoms. The summed E-state index contributed by atoms with van der Waals surface area (Å²) in [6.45, 7) is 5.80. The summed E-state index contributed by atoms with van der Waals surface area (Å²) in [7, 11) is -15.7. The van der Waals surface area contributed by atoms with Gasteiger partial charge in [0.25, 0.3) is 5.08 Å². The van der Waals surface area contributed by atoms with E-state index in [1.165, 1.54) is 32.4 Å². The standard InChI is InChI=1S/C85H117Cl2N12O36P3/c1-7-8-9-10-11-12-13-14-22-90-24-25-93-84(5)34-60(130-40(4)74(84)109)134-73-71(108)70(107)58(36-100)133-82(73)135-72-56-30-44-31-57(72)132-55-20-17-43(29-49(55)87)68(105)66-80(115)97-64(81(116)128-38-129-83(117)92-23-21-85(118,137(122,123)124)138(125,126)127)46-32-53(102)47(35-91-37-136(119,120)121)69(106)61(46)45-27-41(15-18-52(45)101)62(77(112)99-66)96-78(113)63(44)95-76(111)51(33-59(88)103)94-79(114)65(98-75(110)50(89-6)26-39(2)3)67(104)42-16-19-54(131-56)48(86)28-42/h15-20,27-32,39-40,50-51,58,60,62-68,70-71,73-74,82,89-91,93,100-102,104-109,118H,7-14,21-26,33-38H2,1-6H3,(H2,88,103)(H,92,117)(H,94,114)(H,95,111)(H,96,113)(H,97,115)(H,98,110)(H,99,112)(H2,119,120,121)(H2,122,123,124)(H2,125,126,127). The zero-order valence-corrected chi connectivity index (χ0v) is 79.7. The minimum atomic E-state index is -6.08. The van der Waals surface area contributed by atoms with Crippen LogP contribution in [0.2, 0.25) is 10.0 Å². The number of halogens is 2. The molecule has 11 bridgehead atoms. The van der Waals surface area contributed by atoms with Gasteiger partial charge < -0.3 is 183 Å². The lowest BCUT2D eigenvalue weighted by Crippen LogP contribution is -2.65. The highest BCUT2D eigenvalue weighted by Gasteiger charge is 2.59. The van der Waals surface area contributed by atoms with Crippen molar-refractivity contribution in [2.75, 3.05) is 52.9 Å². The lowest BCUT2D eigenvalue weighted by Gasteiger charge is -2.48. The lowest BCUT2D eigenvalue weighted by atomic mass is 9.85. The van der Waals surface area contributed by atoms with E-state index in [-0.39, 0.29) is 24.3 Å². The van der Waals surface area contributed by atoms with Crippen LogP contribution >= 0.6 is 46.0 Å². The summed E-state index contributed by atoms with van der Waals surface area (Å²) in [6.07, 6.45) is -15.0. The number of rotatable bonds is 37. The van der Waals surface area contributed by atoms with Crippen molar-refractivity contribution >= 4 is 99.4 Å². The zero-order chi connectivity index (χ0) is 102.